The minimum atomic E-state index is -1.00. The van der Waals surface area contributed by atoms with Gasteiger partial charge in [0.25, 0.3) is 5.24 Å². The van der Waals surface area contributed by atoms with E-state index in [9.17, 15) is 4.79 Å². The summed E-state index contributed by atoms with van der Waals surface area (Å²) < 4.78 is 12.0. The maximum atomic E-state index is 11.5. The topological polar surface area (TPSA) is 57.1 Å². The van der Waals surface area contributed by atoms with Gasteiger partial charge in [-0.2, -0.15) is 0 Å². The van der Waals surface area contributed by atoms with Gasteiger partial charge in [-0.15, -0.1) is 0 Å². The van der Waals surface area contributed by atoms with Gasteiger partial charge in [-0.25, -0.2) is 0 Å². The van der Waals surface area contributed by atoms with Crippen molar-refractivity contribution in [3.63, 3.8) is 0 Å². The van der Waals surface area contributed by atoms with Crippen LogP contribution in [0.5, 0.6) is 0 Å². The third kappa shape index (κ3) is 3.72. The zero-order valence-corrected chi connectivity index (χ0v) is 14.7. The molecule has 0 amide bonds. The van der Waals surface area contributed by atoms with E-state index in [1.54, 1.807) is 14.0 Å². The monoisotopic (exact) mass is 343 g/mol. The second kappa shape index (κ2) is 7.08. The van der Waals surface area contributed by atoms with Crippen LogP contribution in [0.15, 0.2) is 5.16 Å². The van der Waals surface area contributed by atoms with E-state index in [0.29, 0.717) is 12.5 Å². The molecule has 2 aliphatic carbocycles. The average Bonchev–Trinajstić information content (AvgIpc) is 3.18. The van der Waals surface area contributed by atoms with Crippen LogP contribution in [0, 0.1) is 5.92 Å². The maximum Gasteiger partial charge on any atom is 0.268 e. The first-order valence-electron chi connectivity index (χ1n) is 8.65. The Balaban J connectivity index is 1.62. The minimum Gasteiger partial charge on any atom is -0.380 e. The van der Waals surface area contributed by atoms with Crippen LogP contribution in [-0.4, -0.2) is 42.0 Å². The van der Waals surface area contributed by atoms with E-state index in [0.717, 1.165) is 37.8 Å². The maximum absolute atomic E-state index is 11.5. The molecule has 4 atom stereocenters. The summed E-state index contributed by atoms with van der Waals surface area (Å²) in [6, 6.07) is 0. The molecule has 0 saturated heterocycles. The number of hydrogen-bond acceptors (Lipinski definition) is 5. The summed E-state index contributed by atoms with van der Waals surface area (Å²) >= 11 is 5.64. The highest BCUT2D eigenvalue weighted by Crippen LogP contribution is 2.37. The molecule has 0 bridgehead atoms. The molecule has 130 valence electrons. The molecule has 2 saturated carbocycles. The molecular formula is C17H26ClNO4. The Morgan fingerprint density at radius 1 is 1.26 bits per heavy atom. The van der Waals surface area contributed by atoms with Crippen LogP contribution in [0.2, 0.25) is 0 Å². The molecule has 3 rings (SSSR count). The molecule has 0 aromatic carbocycles. The van der Waals surface area contributed by atoms with E-state index < -0.39 is 10.8 Å². The third-order valence-electron chi connectivity index (χ3n) is 5.47. The first-order chi connectivity index (χ1) is 11.0. The lowest BCUT2D eigenvalue weighted by atomic mass is 9.79. The van der Waals surface area contributed by atoms with E-state index in [-0.39, 0.29) is 18.1 Å². The quantitative estimate of drug-likeness (QED) is 0.717. The first-order valence-corrected chi connectivity index (χ1v) is 9.03. The SMILES string of the molecule is COC1CCC(C2=NOC(C)(C(=O)Cl)C2)CC1OC1CCCC1. The van der Waals surface area contributed by atoms with E-state index in [1.165, 1.54) is 12.8 Å². The predicted octanol–water partition coefficient (Wildman–Crippen LogP) is 3.43. The van der Waals surface area contributed by atoms with Crippen molar-refractivity contribution in [2.75, 3.05) is 7.11 Å². The van der Waals surface area contributed by atoms with Gasteiger partial charge in [-0.05, 0) is 50.6 Å². The fraction of sp³-hybridized carbons (Fsp3) is 0.882. The fourth-order valence-electron chi connectivity index (χ4n) is 3.98. The molecule has 0 N–H and O–H groups in total. The lowest BCUT2D eigenvalue weighted by molar-refractivity contribution is -0.130. The summed E-state index contributed by atoms with van der Waals surface area (Å²) in [6.45, 7) is 1.70. The minimum absolute atomic E-state index is 0.100. The normalized spacial score (nSPS) is 38.4. The number of rotatable bonds is 5. The van der Waals surface area contributed by atoms with Crippen molar-refractivity contribution in [2.24, 2.45) is 11.1 Å². The molecule has 2 fully saturated rings. The van der Waals surface area contributed by atoms with E-state index in [4.69, 9.17) is 25.9 Å². The van der Waals surface area contributed by atoms with Crippen molar-refractivity contribution in [3.05, 3.63) is 0 Å². The Kier molecular flexibility index (Phi) is 5.29. The van der Waals surface area contributed by atoms with Gasteiger partial charge in [0.2, 0.25) is 5.60 Å². The summed E-state index contributed by atoms with van der Waals surface area (Å²) in [5, 5.41) is 3.68. The van der Waals surface area contributed by atoms with Crippen LogP contribution in [0.4, 0.5) is 0 Å². The Hall–Kier alpha value is -0.650. The van der Waals surface area contributed by atoms with Crippen molar-refractivity contribution >= 4 is 22.6 Å². The highest BCUT2D eigenvalue weighted by molar-refractivity contribution is 6.65. The van der Waals surface area contributed by atoms with Gasteiger partial charge in [0.1, 0.15) is 0 Å². The van der Waals surface area contributed by atoms with Crippen LogP contribution in [0.3, 0.4) is 0 Å². The number of carbonyl (C=O) groups is 1. The van der Waals surface area contributed by atoms with E-state index in [2.05, 4.69) is 5.16 Å². The largest absolute Gasteiger partial charge is 0.380 e. The van der Waals surface area contributed by atoms with Crippen molar-refractivity contribution in [3.8, 4) is 0 Å². The highest BCUT2D eigenvalue weighted by Gasteiger charge is 2.45. The molecule has 4 unspecified atom stereocenters. The molecule has 0 aromatic rings. The zero-order valence-electron chi connectivity index (χ0n) is 13.9. The standard InChI is InChI=1S/C17H26ClNO4/c1-17(16(18)20)10-13(19-23-17)11-7-8-14(21-2)15(9-11)22-12-5-3-4-6-12/h11-12,14-15H,3-10H2,1-2H3. The summed E-state index contributed by atoms with van der Waals surface area (Å²) in [5.74, 6) is 0.283. The number of oxime groups is 1. The summed E-state index contributed by atoms with van der Waals surface area (Å²) in [7, 11) is 1.76. The van der Waals surface area contributed by atoms with Gasteiger partial charge in [-0.3, -0.25) is 4.79 Å². The van der Waals surface area contributed by atoms with Crippen LogP contribution >= 0.6 is 11.6 Å². The van der Waals surface area contributed by atoms with Crippen molar-refractivity contribution in [2.45, 2.75) is 82.2 Å². The zero-order chi connectivity index (χ0) is 16.4. The van der Waals surface area contributed by atoms with Gasteiger partial charge in [0, 0.05) is 19.4 Å². The molecule has 1 aliphatic heterocycles. The lowest BCUT2D eigenvalue weighted by Crippen LogP contribution is -2.41. The van der Waals surface area contributed by atoms with Gasteiger partial charge in [-0.1, -0.05) is 18.0 Å². The number of carbonyl (C=O) groups excluding carboxylic acids is 1. The molecule has 23 heavy (non-hydrogen) atoms. The highest BCUT2D eigenvalue weighted by atomic mass is 35.5. The van der Waals surface area contributed by atoms with Crippen molar-refractivity contribution in [1.82, 2.24) is 0 Å². The van der Waals surface area contributed by atoms with Crippen molar-refractivity contribution in [1.29, 1.82) is 0 Å². The average molecular weight is 344 g/mol. The Morgan fingerprint density at radius 2 is 2.00 bits per heavy atom. The molecule has 0 spiro atoms. The number of ether oxygens (including phenoxy) is 2. The number of nitrogens with zero attached hydrogens (tertiary/aromatic N) is 1. The summed E-state index contributed by atoms with van der Waals surface area (Å²) in [4.78, 5) is 16.8. The van der Waals surface area contributed by atoms with E-state index in [1.807, 2.05) is 0 Å². The summed E-state index contributed by atoms with van der Waals surface area (Å²) in [6.07, 6.45) is 8.73. The molecule has 6 heteroatoms. The second-order valence-corrected chi connectivity index (χ2v) is 7.56. The van der Waals surface area contributed by atoms with Crippen LogP contribution in [0.1, 0.15) is 58.3 Å². The molecular weight excluding hydrogens is 318 g/mol. The smallest absolute Gasteiger partial charge is 0.268 e. The fourth-order valence-corrected chi connectivity index (χ4v) is 4.08. The van der Waals surface area contributed by atoms with Gasteiger partial charge in [0.05, 0.1) is 24.0 Å². The van der Waals surface area contributed by atoms with Crippen LogP contribution in [-0.2, 0) is 19.1 Å². The molecule has 1 heterocycles. The first kappa shape index (κ1) is 17.2. The molecule has 0 aromatic heterocycles. The van der Waals surface area contributed by atoms with Gasteiger partial charge < -0.3 is 14.3 Å². The van der Waals surface area contributed by atoms with E-state index >= 15 is 0 Å². The Bertz CT molecular complexity index is 477. The van der Waals surface area contributed by atoms with Crippen LogP contribution in [0.25, 0.3) is 0 Å². The second-order valence-electron chi connectivity index (χ2n) is 7.22. The Labute approximate surface area is 142 Å². The third-order valence-corrected chi connectivity index (χ3v) is 5.87. The molecule has 0 radical (unpaired) electrons. The molecule has 3 aliphatic rings. The summed E-state index contributed by atoms with van der Waals surface area (Å²) in [5.41, 5.74) is -0.0624. The number of hydrogen-bond donors (Lipinski definition) is 0. The van der Waals surface area contributed by atoms with Crippen LogP contribution < -0.4 is 0 Å². The van der Waals surface area contributed by atoms with Gasteiger partial charge >= 0.3 is 0 Å². The molecule has 5 nitrogen and oxygen atoms in total. The predicted molar refractivity (Wildman–Crippen MR) is 87.7 cm³/mol. The lowest BCUT2D eigenvalue weighted by Gasteiger charge is -2.36. The number of methoxy groups -OCH3 is 1. The number of halogens is 1. The Morgan fingerprint density at radius 3 is 2.61 bits per heavy atom. The van der Waals surface area contributed by atoms with Gasteiger partial charge in [0.15, 0.2) is 0 Å². The van der Waals surface area contributed by atoms with Crippen molar-refractivity contribution < 1.29 is 19.1 Å².